The normalized spacial score (nSPS) is 21.7. The summed E-state index contributed by atoms with van der Waals surface area (Å²) in [6.07, 6.45) is 13.7. The SMILES string of the molecule is CC1=[C-]C(C)(C)C(C)=C1C.CCCC[Si]1(C2[C-]=Cc3ccccc32)CCC1.[Cl-].[Cl-].[Zr+4]. The van der Waals surface area contributed by atoms with Crippen LogP contribution < -0.4 is 24.8 Å². The molecule has 1 heterocycles. The molecule has 0 N–H and O–H groups in total. The minimum absolute atomic E-state index is 0. The molecule has 1 saturated heterocycles. The molecule has 1 unspecified atom stereocenters. The summed E-state index contributed by atoms with van der Waals surface area (Å²) in [4.78, 5) is 0. The Balaban J connectivity index is 0.000000569. The monoisotopic (exact) mass is 536 g/mol. The number of hydrogen-bond donors (Lipinski definition) is 0. The molecular weight excluding hydrogens is 503 g/mol. The molecule has 1 aliphatic heterocycles. The Morgan fingerprint density at radius 1 is 1.07 bits per heavy atom. The predicted octanol–water partition coefficient (Wildman–Crippen LogP) is 1.91. The smallest absolute Gasteiger partial charge is 1.00 e. The van der Waals surface area contributed by atoms with E-state index in [1.54, 1.807) is 17.7 Å². The van der Waals surface area contributed by atoms with Gasteiger partial charge >= 0.3 is 26.2 Å². The Bertz CT molecular complexity index is 788. The summed E-state index contributed by atoms with van der Waals surface area (Å²) in [5.74, 6) is 0. The number of unbranched alkanes of at least 4 members (excludes halogenated alkanes) is 1. The minimum Gasteiger partial charge on any atom is -1.00 e. The molecule has 1 aromatic carbocycles. The number of rotatable bonds is 4. The van der Waals surface area contributed by atoms with Gasteiger partial charge in [0.05, 0.1) is 0 Å². The van der Waals surface area contributed by atoms with Gasteiger partial charge in [0.2, 0.25) is 0 Å². The molecule has 0 bridgehead atoms. The molecule has 0 radical (unpaired) electrons. The number of halogens is 2. The molecule has 1 fully saturated rings. The van der Waals surface area contributed by atoms with E-state index < -0.39 is 8.07 Å². The Morgan fingerprint density at radius 2 is 1.70 bits per heavy atom. The predicted molar refractivity (Wildman–Crippen MR) is 121 cm³/mol. The van der Waals surface area contributed by atoms with Gasteiger partial charge in [-0.05, 0) is 0 Å². The van der Waals surface area contributed by atoms with E-state index in [-0.39, 0.29) is 56.4 Å². The average molecular weight is 539 g/mol. The van der Waals surface area contributed by atoms with Crippen molar-refractivity contribution < 1.29 is 51.0 Å². The van der Waals surface area contributed by atoms with Crippen molar-refractivity contribution in [1.82, 2.24) is 0 Å². The van der Waals surface area contributed by atoms with Crippen molar-refractivity contribution >= 4 is 14.1 Å². The summed E-state index contributed by atoms with van der Waals surface area (Å²) >= 11 is 0. The Labute approximate surface area is 218 Å². The van der Waals surface area contributed by atoms with E-state index in [4.69, 9.17) is 0 Å². The molecule has 2 aliphatic carbocycles. The van der Waals surface area contributed by atoms with E-state index in [2.05, 4.69) is 84.0 Å². The van der Waals surface area contributed by atoms with Crippen LogP contribution in [0.4, 0.5) is 0 Å². The largest absolute Gasteiger partial charge is 4.00 e. The number of benzene rings is 1. The van der Waals surface area contributed by atoms with Crippen LogP contribution in [-0.2, 0) is 26.2 Å². The van der Waals surface area contributed by atoms with Crippen molar-refractivity contribution in [1.29, 1.82) is 0 Å². The van der Waals surface area contributed by atoms with Gasteiger partial charge in [-0.2, -0.15) is 16.7 Å². The van der Waals surface area contributed by atoms with Crippen molar-refractivity contribution in [2.45, 2.75) is 84.5 Å². The summed E-state index contributed by atoms with van der Waals surface area (Å²) in [7, 11) is -1.02. The quantitative estimate of drug-likeness (QED) is 0.406. The minimum atomic E-state index is -1.02. The third kappa shape index (κ3) is 6.12. The van der Waals surface area contributed by atoms with Crippen LogP contribution in [0.3, 0.4) is 0 Å². The first-order valence-corrected chi connectivity index (χ1v) is 13.5. The van der Waals surface area contributed by atoms with Crippen molar-refractivity contribution in [2.24, 2.45) is 5.41 Å². The molecule has 4 rings (SSSR count). The molecule has 3 aliphatic rings. The zero-order valence-corrected chi connectivity index (χ0v) is 24.4. The van der Waals surface area contributed by atoms with Crippen molar-refractivity contribution in [2.75, 3.05) is 0 Å². The van der Waals surface area contributed by atoms with Gasteiger partial charge in [-0.1, -0.05) is 101 Å². The van der Waals surface area contributed by atoms with Crippen LogP contribution >= 0.6 is 0 Å². The molecule has 0 spiro atoms. The summed E-state index contributed by atoms with van der Waals surface area (Å²) in [5, 5.41) is 0. The van der Waals surface area contributed by atoms with Crippen LogP contribution in [-0.4, -0.2) is 8.07 Å². The van der Waals surface area contributed by atoms with Crippen molar-refractivity contribution in [3.8, 4) is 0 Å². The van der Waals surface area contributed by atoms with Gasteiger partial charge in [0, 0.05) is 8.07 Å². The standard InChI is InChI=1S/C16H21Si.C10H15.2ClH.Zr/c1-2-3-11-17(12-6-13-17)16-10-9-14-7-4-5-8-15(14)16;1-7-6-10(4,5)9(3)8(7)2;;;/h4-5,7-9,16H,2-3,6,11-13H2,1H3;1-5H3;2*1H;/q2*-1;;;+4/p-2. The molecule has 0 aromatic heterocycles. The number of allylic oxidation sites excluding steroid dienone is 5. The zero-order chi connectivity index (χ0) is 19.7. The summed E-state index contributed by atoms with van der Waals surface area (Å²) < 4.78 is 0. The maximum Gasteiger partial charge on any atom is 4.00 e. The molecule has 4 heteroatoms. The van der Waals surface area contributed by atoms with E-state index in [9.17, 15) is 0 Å². The van der Waals surface area contributed by atoms with Crippen LogP contribution in [0.5, 0.6) is 0 Å². The third-order valence-electron chi connectivity index (χ3n) is 7.26. The maximum atomic E-state index is 3.71. The molecular formula is C26H36Cl2SiZr. The van der Waals surface area contributed by atoms with E-state index >= 15 is 0 Å². The maximum absolute atomic E-state index is 3.71. The van der Waals surface area contributed by atoms with Crippen LogP contribution in [0.15, 0.2) is 41.0 Å². The second-order valence-electron chi connectivity index (χ2n) is 9.32. The Kier molecular flexibility index (Phi) is 12.4. The third-order valence-corrected chi connectivity index (χ3v) is 13.0. The van der Waals surface area contributed by atoms with Gasteiger partial charge < -0.3 is 24.8 Å². The van der Waals surface area contributed by atoms with Gasteiger partial charge in [-0.25, -0.2) is 11.6 Å². The number of fused-ring (bicyclic) bond motifs is 1. The number of hydrogen-bond acceptors (Lipinski definition) is 0. The molecule has 0 amide bonds. The van der Waals surface area contributed by atoms with Crippen LogP contribution in [0.2, 0.25) is 18.1 Å². The van der Waals surface area contributed by atoms with E-state index in [1.165, 1.54) is 47.6 Å². The molecule has 0 nitrogen and oxygen atoms in total. The Morgan fingerprint density at radius 3 is 2.13 bits per heavy atom. The van der Waals surface area contributed by atoms with Gasteiger partial charge in [-0.15, -0.1) is 18.6 Å². The molecule has 30 heavy (non-hydrogen) atoms. The summed E-state index contributed by atoms with van der Waals surface area (Å²) in [6.45, 7) is 13.2. The van der Waals surface area contributed by atoms with Crippen molar-refractivity contribution in [3.63, 3.8) is 0 Å². The van der Waals surface area contributed by atoms with Gasteiger partial charge in [0.15, 0.2) is 0 Å². The topological polar surface area (TPSA) is 0 Å². The fraction of sp³-hybridized carbons (Fsp3) is 0.538. The first-order chi connectivity index (χ1) is 12.8. The van der Waals surface area contributed by atoms with Crippen LogP contribution in [0.25, 0.3) is 6.08 Å². The van der Waals surface area contributed by atoms with E-state index in [0.717, 1.165) is 5.54 Å². The van der Waals surface area contributed by atoms with E-state index in [0.29, 0.717) is 0 Å². The summed E-state index contributed by atoms with van der Waals surface area (Å²) in [6, 6.07) is 13.6. The van der Waals surface area contributed by atoms with Gasteiger partial charge in [0.1, 0.15) is 0 Å². The van der Waals surface area contributed by atoms with E-state index in [1.807, 2.05) is 0 Å². The fourth-order valence-corrected chi connectivity index (χ4v) is 9.97. The van der Waals surface area contributed by atoms with Crippen LogP contribution in [0, 0.1) is 17.6 Å². The van der Waals surface area contributed by atoms with Crippen LogP contribution in [0.1, 0.15) is 77.5 Å². The first-order valence-electron chi connectivity index (χ1n) is 10.8. The molecule has 0 saturated carbocycles. The van der Waals surface area contributed by atoms with Gasteiger partial charge in [-0.3, -0.25) is 12.2 Å². The average Bonchev–Trinajstić information content (AvgIpc) is 3.11. The Hall–Kier alpha value is 0.120. The second-order valence-corrected chi connectivity index (χ2v) is 14.1. The second kappa shape index (κ2) is 12.4. The molecule has 162 valence electrons. The molecule has 1 aromatic rings. The first kappa shape index (κ1) is 30.1. The van der Waals surface area contributed by atoms with Crippen molar-refractivity contribution in [3.05, 3.63) is 64.3 Å². The molecule has 1 atom stereocenters. The summed E-state index contributed by atoms with van der Waals surface area (Å²) in [5.41, 5.74) is 8.15. The zero-order valence-electron chi connectivity index (χ0n) is 19.5. The van der Waals surface area contributed by atoms with Gasteiger partial charge in [0.25, 0.3) is 0 Å². The fourth-order valence-electron chi connectivity index (χ4n) is 4.92.